The number of aryl methyl sites for hydroxylation is 1. The minimum atomic E-state index is -3.66. The molecule has 0 spiro atoms. The Hall–Kier alpha value is -2.60. The zero-order valence-corrected chi connectivity index (χ0v) is 18.5. The lowest BCUT2D eigenvalue weighted by molar-refractivity contribution is 0.0468. The highest BCUT2D eigenvalue weighted by Gasteiger charge is 2.20. The van der Waals surface area contributed by atoms with Crippen LogP contribution in [0.2, 0.25) is 0 Å². The molecule has 3 aromatic rings. The summed E-state index contributed by atoms with van der Waals surface area (Å²) < 4.78 is 39.8. The van der Waals surface area contributed by atoms with Crippen LogP contribution in [0.4, 0.5) is 0 Å². The van der Waals surface area contributed by atoms with Crippen LogP contribution in [-0.4, -0.2) is 48.4 Å². The van der Waals surface area contributed by atoms with Gasteiger partial charge in [0.25, 0.3) is 0 Å². The number of carbonyl (C=O) groups is 1. The van der Waals surface area contributed by atoms with Crippen LogP contribution in [0.15, 0.2) is 46.9 Å². The monoisotopic (exact) mass is 462 g/mol. The van der Waals surface area contributed by atoms with Gasteiger partial charge in [0.2, 0.25) is 10.0 Å². The van der Waals surface area contributed by atoms with Crippen molar-refractivity contribution in [1.82, 2.24) is 19.5 Å². The molecular weight excluding hydrogens is 440 g/mol. The summed E-state index contributed by atoms with van der Waals surface area (Å²) in [5.74, 6) is -0.549. The summed E-state index contributed by atoms with van der Waals surface area (Å²) in [4.78, 5) is 16.9. The van der Waals surface area contributed by atoms with Crippen molar-refractivity contribution >= 4 is 27.3 Å². The summed E-state index contributed by atoms with van der Waals surface area (Å²) in [5, 5.41) is 6.74. The van der Waals surface area contributed by atoms with E-state index in [1.807, 2.05) is 18.6 Å². The van der Waals surface area contributed by atoms with Crippen molar-refractivity contribution in [2.24, 2.45) is 7.05 Å². The number of sulfonamides is 1. The third-order valence-electron chi connectivity index (χ3n) is 4.78. The van der Waals surface area contributed by atoms with Gasteiger partial charge in [-0.25, -0.2) is 22.9 Å². The van der Waals surface area contributed by atoms with Gasteiger partial charge in [0, 0.05) is 37.3 Å². The van der Waals surface area contributed by atoms with E-state index in [1.165, 1.54) is 35.6 Å². The number of benzene rings is 1. The molecule has 3 heterocycles. The highest BCUT2D eigenvalue weighted by molar-refractivity contribution is 7.89. The maximum Gasteiger partial charge on any atom is 0.338 e. The summed E-state index contributed by atoms with van der Waals surface area (Å²) in [5.41, 5.74) is 1.80. The predicted octanol–water partition coefficient (Wildman–Crippen LogP) is 2.36. The van der Waals surface area contributed by atoms with E-state index >= 15 is 0 Å². The van der Waals surface area contributed by atoms with Crippen molar-refractivity contribution in [3.63, 3.8) is 0 Å². The molecule has 1 aromatic carbocycles. The highest BCUT2D eigenvalue weighted by Crippen LogP contribution is 2.23. The average Bonchev–Trinajstić information content (AvgIpc) is 3.52. The number of rotatable bonds is 8. The van der Waals surface area contributed by atoms with Crippen molar-refractivity contribution < 1.29 is 22.7 Å². The maximum absolute atomic E-state index is 12.4. The van der Waals surface area contributed by atoms with E-state index < -0.39 is 16.0 Å². The van der Waals surface area contributed by atoms with Gasteiger partial charge in [-0.1, -0.05) is 0 Å². The van der Waals surface area contributed by atoms with E-state index in [0.717, 1.165) is 23.4 Å². The summed E-state index contributed by atoms with van der Waals surface area (Å²) in [6, 6.07) is 5.64. The Kier molecular flexibility index (Phi) is 6.46. The molecule has 0 bridgehead atoms. The van der Waals surface area contributed by atoms with E-state index in [1.54, 1.807) is 10.9 Å². The Morgan fingerprint density at radius 1 is 1.35 bits per heavy atom. The quantitative estimate of drug-likeness (QED) is 0.511. The Balaban J connectivity index is 1.32. The number of hydrogen-bond acceptors (Lipinski definition) is 8. The molecule has 1 saturated heterocycles. The van der Waals surface area contributed by atoms with Crippen LogP contribution >= 0.6 is 11.3 Å². The van der Waals surface area contributed by atoms with Crippen LogP contribution in [0.25, 0.3) is 10.6 Å². The van der Waals surface area contributed by atoms with Crippen LogP contribution in [0.5, 0.6) is 0 Å². The zero-order chi connectivity index (χ0) is 21.8. The molecule has 31 heavy (non-hydrogen) atoms. The first kappa shape index (κ1) is 21.6. The van der Waals surface area contributed by atoms with Gasteiger partial charge in [-0.2, -0.15) is 5.10 Å². The Morgan fingerprint density at radius 3 is 2.84 bits per heavy atom. The van der Waals surface area contributed by atoms with Gasteiger partial charge in [-0.15, -0.1) is 11.3 Å². The molecule has 1 aliphatic heterocycles. The number of ether oxygens (including phenoxy) is 2. The fraction of sp³-hybridized carbons (Fsp3) is 0.350. The van der Waals surface area contributed by atoms with Crippen LogP contribution < -0.4 is 4.72 Å². The largest absolute Gasteiger partial charge is 0.456 e. The number of thiazole rings is 1. The van der Waals surface area contributed by atoms with E-state index in [0.29, 0.717) is 12.3 Å². The van der Waals surface area contributed by atoms with Crippen molar-refractivity contribution in [3.05, 3.63) is 53.3 Å². The standard InChI is InChI=1S/C20H22N4O5S2/c1-24-11-15(9-21-24)19-23-16(13-30-19)12-29-20(25)14-4-6-18(7-5-14)31(26,27)22-10-17-3-2-8-28-17/h4-7,9,11,13,17,22H,2-3,8,10,12H2,1H3. The first-order chi connectivity index (χ1) is 14.9. The van der Waals surface area contributed by atoms with Crippen molar-refractivity contribution in [1.29, 1.82) is 0 Å². The second kappa shape index (κ2) is 9.27. The fourth-order valence-electron chi connectivity index (χ4n) is 3.12. The highest BCUT2D eigenvalue weighted by atomic mass is 32.2. The molecule has 1 aliphatic rings. The second-order valence-corrected chi connectivity index (χ2v) is 9.76. The second-order valence-electron chi connectivity index (χ2n) is 7.13. The molecule has 0 aliphatic carbocycles. The minimum absolute atomic E-state index is 0.0264. The number of hydrogen-bond donors (Lipinski definition) is 1. The van der Waals surface area contributed by atoms with Crippen molar-refractivity contribution in [2.75, 3.05) is 13.2 Å². The molecule has 0 saturated carbocycles. The first-order valence-corrected chi connectivity index (χ1v) is 12.1. The van der Waals surface area contributed by atoms with Crippen LogP contribution in [0.3, 0.4) is 0 Å². The van der Waals surface area contributed by atoms with Gasteiger partial charge < -0.3 is 9.47 Å². The maximum atomic E-state index is 12.4. The van der Waals surface area contributed by atoms with E-state index in [4.69, 9.17) is 9.47 Å². The van der Waals surface area contributed by atoms with Gasteiger partial charge in [0.15, 0.2) is 0 Å². The zero-order valence-electron chi connectivity index (χ0n) is 16.9. The molecule has 1 unspecified atom stereocenters. The van der Waals surface area contributed by atoms with Crippen LogP contribution in [0.1, 0.15) is 28.9 Å². The third-order valence-corrected chi connectivity index (χ3v) is 7.16. The smallest absolute Gasteiger partial charge is 0.338 e. The molecule has 1 N–H and O–H groups in total. The minimum Gasteiger partial charge on any atom is -0.456 e. The summed E-state index contributed by atoms with van der Waals surface area (Å²) >= 11 is 1.44. The molecule has 0 amide bonds. The lowest BCUT2D eigenvalue weighted by Crippen LogP contribution is -2.31. The third kappa shape index (κ3) is 5.37. The number of aromatic nitrogens is 3. The normalized spacial score (nSPS) is 16.5. The van der Waals surface area contributed by atoms with Gasteiger partial charge >= 0.3 is 5.97 Å². The van der Waals surface area contributed by atoms with E-state index in [-0.39, 0.29) is 29.7 Å². The number of esters is 1. The first-order valence-electron chi connectivity index (χ1n) is 9.72. The number of nitrogens with zero attached hydrogens (tertiary/aromatic N) is 3. The molecule has 1 fully saturated rings. The number of nitrogens with one attached hydrogen (secondary N) is 1. The molecular formula is C20H22N4O5S2. The number of carbonyl (C=O) groups excluding carboxylic acids is 1. The van der Waals surface area contributed by atoms with Gasteiger partial charge in [-0.3, -0.25) is 4.68 Å². The van der Waals surface area contributed by atoms with Gasteiger partial charge in [0.1, 0.15) is 11.6 Å². The van der Waals surface area contributed by atoms with Gasteiger partial charge in [0.05, 0.1) is 28.5 Å². The topological polar surface area (TPSA) is 112 Å². The summed E-state index contributed by atoms with van der Waals surface area (Å²) in [6.45, 7) is 0.925. The molecule has 164 valence electrons. The molecule has 9 nitrogen and oxygen atoms in total. The fourth-order valence-corrected chi connectivity index (χ4v) is 4.97. The molecule has 2 aromatic heterocycles. The van der Waals surface area contributed by atoms with Crippen molar-refractivity contribution in [2.45, 2.75) is 30.4 Å². The average molecular weight is 463 g/mol. The van der Waals surface area contributed by atoms with Gasteiger partial charge in [-0.05, 0) is 37.1 Å². The molecule has 4 rings (SSSR count). The summed E-state index contributed by atoms with van der Waals surface area (Å²) in [7, 11) is -1.84. The molecule has 1 atom stereocenters. The van der Waals surface area contributed by atoms with E-state index in [9.17, 15) is 13.2 Å². The summed E-state index contributed by atoms with van der Waals surface area (Å²) in [6.07, 6.45) is 5.28. The Labute approximate surface area is 184 Å². The molecule has 0 radical (unpaired) electrons. The lowest BCUT2D eigenvalue weighted by atomic mass is 10.2. The van der Waals surface area contributed by atoms with Crippen LogP contribution in [-0.2, 0) is 33.2 Å². The lowest BCUT2D eigenvalue weighted by Gasteiger charge is -2.11. The Morgan fingerprint density at radius 2 is 2.16 bits per heavy atom. The van der Waals surface area contributed by atoms with E-state index in [2.05, 4.69) is 14.8 Å². The van der Waals surface area contributed by atoms with Crippen molar-refractivity contribution in [3.8, 4) is 10.6 Å². The molecule has 11 heteroatoms. The Bertz CT molecular complexity index is 1150. The van der Waals surface area contributed by atoms with Crippen LogP contribution in [0, 0.1) is 0 Å². The predicted molar refractivity (Wildman–Crippen MR) is 114 cm³/mol. The SMILES string of the molecule is Cn1cc(-c2nc(COC(=O)c3ccc(S(=O)(=O)NCC4CCCO4)cc3)cs2)cn1.